The minimum atomic E-state index is -0.610. The second-order valence-electron chi connectivity index (χ2n) is 12.8. The summed E-state index contributed by atoms with van der Waals surface area (Å²) in [5, 5.41) is 5.04. The first-order chi connectivity index (χ1) is 26.9. The van der Waals surface area contributed by atoms with Crippen molar-refractivity contribution in [3.05, 3.63) is 175 Å². The van der Waals surface area contributed by atoms with Crippen LogP contribution >= 0.6 is 11.8 Å². The summed E-state index contributed by atoms with van der Waals surface area (Å²) in [6.45, 7) is 0. The minimum absolute atomic E-state index is 0.0520. The highest BCUT2D eigenvalue weighted by molar-refractivity contribution is 8.00. The minimum Gasteiger partial charge on any atom is -0.436 e. The number of thioether (sulfide) groups is 1. The molecule has 0 saturated carbocycles. The molecule has 1 unspecified atom stereocenters. The summed E-state index contributed by atoms with van der Waals surface area (Å²) >= 11 is 1.29. The Hall–Kier alpha value is -7.04. The first-order valence-corrected chi connectivity index (χ1v) is 18.4. The maximum atomic E-state index is 13.6. The van der Waals surface area contributed by atoms with Crippen molar-refractivity contribution in [2.75, 3.05) is 10.2 Å². The van der Waals surface area contributed by atoms with Crippen LogP contribution in [0.15, 0.2) is 173 Å². The molecule has 1 aliphatic rings. The van der Waals surface area contributed by atoms with Crippen molar-refractivity contribution in [3.63, 3.8) is 0 Å². The molecule has 4 amide bonds. The van der Waals surface area contributed by atoms with Gasteiger partial charge in [-0.3, -0.25) is 19.2 Å². The predicted octanol–water partition coefficient (Wildman–Crippen LogP) is 9.00. The lowest BCUT2D eigenvalue weighted by Crippen LogP contribution is -2.31. The van der Waals surface area contributed by atoms with Crippen molar-refractivity contribution in [3.8, 4) is 22.6 Å². The third-order valence-corrected chi connectivity index (χ3v) is 10.2. The molecule has 9 nitrogen and oxygen atoms in total. The molecule has 7 aromatic rings. The number of imide groups is 1. The van der Waals surface area contributed by atoms with Crippen molar-refractivity contribution in [1.29, 1.82) is 0 Å². The fraction of sp³-hybridized carbons (Fsp3) is 0.0444. The van der Waals surface area contributed by atoms with Crippen LogP contribution in [0.5, 0.6) is 0 Å². The molecular weight excluding hydrogens is 709 g/mol. The maximum absolute atomic E-state index is 13.6. The topological polar surface area (TPSA) is 122 Å². The van der Waals surface area contributed by atoms with Crippen LogP contribution in [0.2, 0.25) is 0 Å². The van der Waals surface area contributed by atoms with Gasteiger partial charge in [-0.05, 0) is 95.6 Å². The molecule has 0 aliphatic carbocycles. The van der Waals surface area contributed by atoms with Crippen LogP contribution < -0.4 is 15.5 Å². The van der Waals surface area contributed by atoms with E-state index in [0.717, 1.165) is 32.7 Å². The fourth-order valence-electron chi connectivity index (χ4n) is 6.21. The number of nitrogens with one attached hydrogen (secondary N) is 2. The fourth-order valence-corrected chi connectivity index (χ4v) is 7.26. The molecular formula is C45H32N4O5S. The Morgan fingerprint density at radius 3 is 2.05 bits per heavy atom. The molecule has 0 spiro atoms. The lowest BCUT2D eigenvalue weighted by molar-refractivity contribution is -0.121. The predicted molar refractivity (Wildman–Crippen MR) is 215 cm³/mol. The summed E-state index contributed by atoms with van der Waals surface area (Å²) in [5.74, 6) is -1.06. The molecule has 0 radical (unpaired) electrons. The normalized spacial score (nSPS) is 14.3. The average Bonchev–Trinajstić information content (AvgIpc) is 3.78. The van der Waals surface area contributed by atoms with E-state index in [4.69, 9.17) is 4.42 Å². The van der Waals surface area contributed by atoms with E-state index in [2.05, 4.69) is 15.6 Å². The largest absolute Gasteiger partial charge is 0.436 e. The van der Waals surface area contributed by atoms with Crippen molar-refractivity contribution >= 4 is 63.9 Å². The number of rotatable bonds is 10. The summed E-state index contributed by atoms with van der Waals surface area (Å²) in [5.41, 5.74) is 6.43. The summed E-state index contributed by atoms with van der Waals surface area (Å²) in [6, 6.07) is 47.8. The summed E-state index contributed by atoms with van der Waals surface area (Å²) in [7, 11) is 0. The molecule has 2 N–H and O–H groups in total. The van der Waals surface area contributed by atoms with Crippen LogP contribution in [0.1, 0.15) is 22.3 Å². The number of para-hydroxylation sites is 2. The number of carbonyl (C=O) groups is 4. The number of oxazole rings is 1. The molecule has 1 fully saturated rings. The van der Waals surface area contributed by atoms with Crippen LogP contribution in [0.4, 0.5) is 11.4 Å². The van der Waals surface area contributed by atoms with Gasteiger partial charge in [-0.25, -0.2) is 9.88 Å². The highest BCUT2D eigenvalue weighted by Crippen LogP contribution is 2.35. The van der Waals surface area contributed by atoms with Crippen molar-refractivity contribution in [1.82, 2.24) is 10.3 Å². The Balaban J connectivity index is 0.936. The quantitative estimate of drug-likeness (QED) is 0.106. The molecule has 55 heavy (non-hydrogen) atoms. The average molecular weight is 741 g/mol. The second-order valence-corrected chi connectivity index (χ2v) is 14.0. The molecule has 8 rings (SSSR count). The Morgan fingerprint density at radius 2 is 1.35 bits per heavy atom. The van der Waals surface area contributed by atoms with Gasteiger partial charge in [0.05, 0.1) is 10.9 Å². The third kappa shape index (κ3) is 7.85. The number of anilines is 2. The van der Waals surface area contributed by atoms with E-state index in [9.17, 15) is 19.2 Å². The molecule has 268 valence electrons. The third-order valence-electron chi connectivity index (χ3n) is 9.02. The summed E-state index contributed by atoms with van der Waals surface area (Å²) in [6.07, 6.45) is 1.68. The number of aromatic nitrogens is 1. The van der Waals surface area contributed by atoms with E-state index in [1.165, 1.54) is 16.7 Å². The molecule has 10 heteroatoms. The maximum Gasteiger partial charge on any atom is 0.272 e. The van der Waals surface area contributed by atoms with Crippen LogP contribution in [-0.2, 0) is 14.4 Å². The Bertz CT molecular complexity index is 2520. The van der Waals surface area contributed by atoms with Crippen LogP contribution in [0.3, 0.4) is 0 Å². The SMILES string of the molecule is O=C(Nc1ccc(SC2CC(=O)N(c3ccc(-c4nc5ccccc5o4)cc3)C2=O)cc1)/C(=C/c1ccc(-c2ccccc2)cc1)NC(=O)c1ccccc1. The number of benzene rings is 6. The van der Waals surface area contributed by atoms with E-state index >= 15 is 0 Å². The lowest BCUT2D eigenvalue weighted by Gasteiger charge is -2.15. The van der Waals surface area contributed by atoms with Crippen LogP contribution in [-0.4, -0.2) is 33.9 Å². The zero-order valence-electron chi connectivity index (χ0n) is 29.2. The molecule has 0 bridgehead atoms. The summed E-state index contributed by atoms with van der Waals surface area (Å²) in [4.78, 5) is 59.8. The van der Waals surface area contributed by atoms with E-state index in [1.54, 1.807) is 78.9 Å². The van der Waals surface area contributed by atoms with Gasteiger partial charge in [0.25, 0.3) is 11.8 Å². The van der Waals surface area contributed by atoms with Crippen LogP contribution in [0.25, 0.3) is 39.8 Å². The molecule has 6 aromatic carbocycles. The first kappa shape index (κ1) is 35.0. The standard InChI is InChI=1S/C45H32N4O5S/c50-41-28-40(45(53)49(41)35-23-19-33(20-24-35)44-48-37-13-7-8-14-39(37)54-44)55-36-25-21-34(22-26-36)46-43(52)38(47-42(51)32-11-5-2-6-12-32)27-29-15-17-31(18-16-29)30-9-3-1-4-10-30/h1-27,40H,28H2,(H,46,52)(H,47,51)/b38-27-. The second kappa shape index (κ2) is 15.5. The zero-order valence-corrected chi connectivity index (χ0v) is 30.0. The van der Waals surface area contributed by atoms with Gasteiger partial charge in [0.15, 0.2) is 5.58 Å². The monoisotopic (exact) mass is 740 g/mol. The molecule has 1 saturated heterocycles. The number of amides is 4. The van der Waals surface area contributed by atoms with Gasteiger partial charge in [-0.2, -0.15) is 0 Å². The number of carbonyl (C=O) groups excluding carboxylic acids is 4. The van der Waals surface area contributed by atoms with Crippen molar-refractivity contribution in [2.24, 2.45) is 0 Å². The van der Waals surface area contributed by atoms with Crippen LogP contribution in [0, 0.1) is 0 Å². The summed E-state index contributed by atoms with van der Waals surface area (Å²) < 4.78 is 5.85. The van der Waals surface area contributed by atoms with Gasteiger partial charge in [-0.1, -0.05) is 84.9 Å². The Labute approximate surface area is 320 Å². The Morgan fingerprint density at radius 1 is 0.709 bits per heavy atom. The highest BCUT2D eigenvalue weighted by Gasteiger charge is 2.40. The van der Waals surface area contributed by atoms with Gasteiger partial charge < -0.3 is 15.1 Å². The van der Waals surface area contributed by atoms with Gasteiger partial charge in [0, 0.05) is 28.1 Å². The Kier molecular flexibility index (Phi) is 9.88. The lowest BCUT2D eigenvalue weighted by atomic mass is 10.0. The molecule has 1 atom stereocenters. The first-order valence-electron chi connectivity index (χ1n) is 17.5. The van der Waals surface area contributed by atoms with Gasteiger partial charge in [0.2, 0.25) is 17.7 Å². The van der Waals surface area contributed by atoms with E-state index in [-0.39, 0.29) is 23.9 Å². The number of hydrogen-bond donors (Lipinski definition) is 2. The number of nitrogens with zero attached hydrogens (tertiary/aromatic N) is 2. The molecule has 1 aromatic heterocycles. The number of fused-ring (bicyclic) bond motifs is 1. The van der Waals surface area contributed by atoms with E-state index in [0.29, 0.717) is 28.4 Å². The molecule has 2 heterocycles. The van der Waals surface area contributed by atoms with Crippen molar-refractivity contribution in [2.45, 2.75) is 16.6 Å². The van der Waals surface area contributed by atoms with Gasteiger partial charge in [0.1, 0.15) is 11.2 Å². The highest BCUT2D eigenvalue weighted by atomic mass is 32.2. The van der Waals surface area contributed by atoms with E-state index < -0.39 is 17.1 Å². The number of hydrogen-bond acceptors (Lipinski definition) is 7. The van der Waals surface area contributed by atoms with Gasteiger partial charge >= 0.3 is 0 Å². The van der Waals surface area contributed by atoms with Crippen molar-refractivity contribution < 1.29 is 23.6 Å². The van der Waals surface area contributed by atoms with E-state index in [1.807, 2.05) is 84.9 Å². The molecule has 1 aliphatic heterocycles. The van der Waals surface area contributed by atoms with Gasteiger partial charge in [-0.15, -0.1) is 11.8 Å². The smallest absolute Gasteiger partial charge is 0.272 e. The zero-order chi connectivity index (χ0) is 37.7.